The summed E-state index contributed by atoms with van der Waals surface area (Å²) in [5.74, 6) is -0.607. The number of carbonyl (C=O) groups is 5. The average molecular weight is 715 g/mol. The van der Waals surface area contributed by atoms with E-state index in [1.165, 1.54) is 18.5 Å². The number of benzene rings is 2. The summed E-state index contributed by atoms with van der Waals surface area (Å²) >= 11 is 5.96. The predicted octanol–water partition coefficient (Wildman–Crippen LogP) is 4.21. The van der Waals surface area contributed by atoms with Gasteiger partial charge in [0.15, 0.2) is 5.54 Å². The van der Waals surface area contributed by atoms with Gasteiger partial charge in [-0.3, -0.25) is 38.9 Å². The molecule has 3 aromatic rings. The molecule has 1 saturated carbocycles. The largest absolute Gasteiger partial charge is 0.416 e. The zero-order chi connectivity index (χ0) is 35.7. The molecular weight excluding hydrogens is 691 g/mol. The molecule has 0 bridgehead atoms. The number of amides is 5. The highest BCUT2D eigenvalue weighted by atomic mass is 35.5. The van der Waals surface area contributed by atoms with Crippen molar-refractivity contribution in [3.8, 4) is 11.8 Å². The highest BCUT2D eigenvalue weighted by Crippen LogP contribution is 2.51. The lowest BCUT2D eigenvalue weighted by Crippen LogP contribution is -2.60. The van der Waals surface area contributed by atoms with Crippen molar-refractivity contribution in [2.75, 3.05) is 23.3 Å². The molecule has 1 aromatic heterocycles. The van der Waals surface area contributed by atoms with Crippen molar-refractivity contribution < 1.29 is 45.9 Å². The molecular formula is C33H24ClF5N6O5. The van der Waals surface area contributed by atoms with Crippen LogP contribution in [0.5, 0.6) is 0 Å². The summed E-state index contributed by atoms with van der Waals surface area (Å²) in [6.07, 6.45) is -3.72. The number of aromatic nitrogens is 2. The van der Waals surface area contributed by atoms with Gasteiger partial charge in [0.2, 0.25) is 11.8 Å². The summed E-state index contributed by atoms with van der Waals surface area (Å²) < 4.78 is 68.4. The van der Waals surface area contributed by atoms with E-state index in [-0.39, 0.29) is 35.6 Å². The Labute approximate surface area is 284 Å². The van der Waals surface area contributed by atoms with Gasteiger partial charge in [-0.1, -0.05) is 23.4 Å². The van der Waals surface area contributed by atoms with Crippen molar-refractivity contribution in [1.29, 1.82) is 0 Å². The van der Waals surface area contributed by atoms with Gasteiger partial charge in [-0.25, -0.2) is 8.78 Å². The third-order valence-electron chi connectivity index (χ3n) is 9.18. The van der Waals surface area contributed by atoms with Crippen LogP contribution < -0.4 is 15.5 Å². The zero-order valence-electron chi connectivity index (χ0n) is 25.6. The Morgan fingerprint density at radius 2 is 1.74 bits per heavy atom. The molecule has 1 unspecified atom stereocenters. The average Bonchev–Trinajstić information content (AvgIpc) is 3.58. The first-order chi connectivity index (χ1) is 23.5. The summed E-state index contributed by atoms with van der Waals surface area (Å²) in [6.45, 7) is 0.927. The van der Waals surface area contributed by atoms with Crippen LogP contribution in [0, 0.1) is 17.8 Å². The number of hydrogen-bond donors (Lipinski definition) is 2. The van der Waals surface area contributed by atoms with E-state index >= 15 is 0 Å². The molecule has 2 saturated heterocycles. The van der Waals surface area contributed by atoms with Gasteiger partial charge < -0.3 is 10.2 Å². The predicted molar refractivity (Wildman–Crippen MR) is 165 cm³/mol. The third-order valence-corrected chi connectivity index (χ3v) is 9.49. The molecule has 258 valence electrons. The second-order valence-electron chi connectivity index (χ2n) is 12.6. The number of carbonyl (C=O) groups excluding carboxylic acids is 5. The lowest BCUT2D eigenvalue weighted by Gasteiger charge is -2.45. The fourth-order valence-electron chi connectivity index (χ4n) is 6.51. The maximum Gasteiger partial charge on any atom is 0.416 e. The Bertz CT molecular complexity index is 2060. The van der Waals surface area contributed by atoms with Crippen LogP contribution in [-0.2, 0) is 26.1 Å². The first-order valence-electron chi connectivity index (χ1n) is 15.3. The van der Waals surface area contributed by atoms with Crippen LogP contribution in [0.2, 0.25) is 5.02 Å². The maximum atomic E-state index is 14.1. The topological polar surface area (TPSA) is 134 Å². The molecule has 1 aliphatic carbocycles. The number of nitrogens with one attached hydrogen (secondary N) is 2. The molecule has 4 heterocycles. The summed E-state index contributed by atoms with van der Waals surface area (Å²) in [6, 6.07) is 6.00. The number of anilines is 2. The van der Waals surface area contributed by atoms with Crippen molar-refractivity contribution in [3.63, 3.8) is 0 Å². The molecule has 3 fully saturated rings. The molecule has 5 amide bonds. The molecule has 17 heteroatoms. The fourth-order valence-corrected chi connectivity index (χ4v) is 6.73. The quantitative estimate of drug-likeness (QED) is 0.230. The van der Waals surface area contributed by atoms with Gasteiger partial charge in [0.1, 0.15) is 6.04 Å². The van der Waals surface area contributed by atoms with E-state index in [2.05, 4.69) is 27.6 Å². The zero-order valence-corrected chi connectivity index (χ0v) is 26.4. The standard InChI is InChI=1S/C33H24ClF5N6O5/c34-23-9-19(33(37,38)39)3-6-24(23)41-30(50)31(15-32(35,36)16-31)44-14-17(11-40-44)1-2-18-12-43(13-18)20-4-5-21-22(10-20)29(49)45(28(21)48)25-7-8-26(46)42-27(25)47/h3-6,9-11,14,18,25H,7-8,12-13,15-16H2,(H,41,50)(H,42,46,47). The van der Waals surface area contributed by atoms with Crippen molar-refractivity contribution >= 4 is 52.5 Å². The van der Waals surface area contributed by atoms with E-state index in [4.69, 9.17) is 11.6 Å². The van der Waals surface area contributed by atoms with Crippen LogP contribution in [0.15, 0.2) is 48.8 Å². The Morgan fingerprint density at radius 1 is 1.02 bits per heavy atom. The summed E-state index contributed by atoms with van der Waals surface area (Å²) in [5, 5.41) is 8.22. The minimum atomic E-state index is -4.67. The lowest BCUT2D eigenvalue weighted by molar-refractivity contribution is -0.171. The van der Waals surface area contributed by atoms with E-state index in [1.54, 1.807) is 12.1 Å². The minimum Gasteiger partial charge on any atom is -0.369 e. The highest BCUT2D eigenvalue weighted by molar-refractivity contribution is 6.33. The van der Waals surface area contributed by atoms with Crippen LogP contribution in [0.3, 0.4) is 0 Å². The molecule has 4 aliphatic rings. The third kappa shape index (κ3) is 5.74. The Balaban J connectivity index is 1.01. The number of hydrogen-bond acceptors (Lipinski definition) is 7. The molecule has 11 nitrogen and oxygen atoms in total. The Kier molecular flexibility index (Phi) is 7.74. The molecule has 3 aliphatic heterocycles. The second-order valence-corrected chi connectivity index (χ2v) is 13.0. The van der Waals surface area contributed by atoms with Crippen LogP contribution >= 0.6 is 11.6 Å². The summed E-state index contributed by atoms with van der Waals surface area (Å²) in [5.41, 5.74) is -1.72. The van der Waals surface area contributed by atoms with Gasteiger partial charge in [-0.2, -0.15) is 18.3 Å². The van der Waals surface area contributed by atoms with Crippen molar-refractivity contribution in [2.45, 2.75) is 49.4 Å². The van der Waals surface area contributed by atoms with E-state index < -0.39 is 76.6 Å². The maximum absolute atomic E-state index is 14.1. The highest BCUT2D eigenvalue weighted by Gasteiger charge is 2.63. The molecule has 7 rings (SSSR count). The van der Waals surface area contributed by atoms with Crippen LogP contribution in [-0.4, -0.2) is 69.3 Å². The SMILES string of the molecule is O=C1CCC(N2C(=O)c3ccc(N4CC(C#Cc5cnn(C6(C(=O)Nc7ccc(C(F)(F)F)cc7Cl)CC(F)(F)C6)c5)C4)cc3C2=O)C(=O)N1. The van der Waals surface area contributed by atoms with Gasteiger partial charge >= 0.3 is 6.18 Å². The van der Waals surface area contributed by atoms with Crippen LogP contribution in [0.4, 0.5) is 33.3 Å². The summed E-state index contributed by atoms with van der Waals surface area (Å²) in [7, 11) is 0. The molecule has 0 spiro atoms. The monoisotopic (exact) mass is 714 g/mol. The fraction of sp³-hybridized carbons (Fsp3) is 0.333. The first-order valence-corrected chi connectivity index (χ1v) is 15.7. The van der Waals surface area contributed by atoms with Crippen molar-refractivity contribution in [1.82, 2.24) is 20.0 Å². The van der Waals surface area contributed by atoms with E-state index in [1.807, 2.05) is 4.90 Å². The number of imide groups is 2. The number of piperidine rings is 1. The van der Waals surface area contributed by atoms with Gasteiger partial charge in [0.25, 0.3) is 23.6 Å². The molecule has 0 radical (unpaired) electrons. The van der Waals surface area contributed by atoms with Gasteiger partial charge in [-0.15, -0.1) is 0 Å². The normalized spacial score (nSPS) is 21.1. The number of rotatable bonds is 5. The van der Waals surface area contributed by atoms with Crippen molar-refractivity contribution in [2.24, 2.45) is 5.92 Å². The van der Waals surface area contributed by atoms with Gasteiger partial charge in [-0.05, 0) is 42.8 Å². The number of halogens is 6. The first kappa shape index (κ1) is 33.2. The number of nitrogens with zero attached hydrogens (tertiary/aromatic N) is 4. The Morgan fingerprint density at radius 3 is 2.40 bits per heavy atom. The molecule has 2 N–H and O–H groups in total. The van der Waals surface area contributed by atoms with Crippen LogP contribution in [0.25, 0.3) is 0 Å². The number of fused-ring (bicyclic) bond motifs is 1. The van der Waals surface area contributed by atoms with E-state index in [0.717, 1.165) is 21.7 Å². The Hall–Kier alpha value is -5.30. The van der Waals surface area contributed by atoms with Gasteiger partial charge in [0.05, 0.1) is 45.1 Å². The molecule has 50 heavy (non-hydrogen) atoms. The minimum absolute atomic E-state index is 0.0133. The second kappa shape index (κ2) is 11.7. The smallest absolute Gasteiger partial charge is 0.369 e. The van der Waals surface area contributed by atoms with E-state index in [9.17, 15) is 45.9 Å². The van der Waals surface area contributed by atoms with Gasteiger partial charge in [0, 0.05) is 44.2 Å². The van der Waals surface area contributed by atoms with Crippen molar-refractivity contribution in [3.05, 3.63) is 76.1 Å². The number of alkyl halides is 5. The van der Waals surface area contributed by atoms with E-state index in [0.29, 0.717) is 30.4 Å². The molecule has 1 atom stereocenters. The summed E-state index contributed by atoms with van der Waals surface area (Å²) in [4.78, 5) is 66.0. The molecule has 2 aromatic carbocycles. The van der Waals surface area contributed by atoms with Crippen LogP contribution in [0.1, 0.15) is 57.5 Å². The lowest BCUT2D eigenvalue weighted by atomic mass is 9.72.